The van der Waals surface area contributed by atoms with Crippen LogP contribution in [-0.2, 0) is 21.4 Å². The van der Waals surface area contributed by atoms with Gasteiger partial charge in [0.25, 0.3) is 0 Å². The first-order chi connectivity index (χ1) is 16.6. The standard InChI is InChI=1S/C27H32Cl2N4O2/c1-5-15-32(26(35)14-11-19-9-7-6-8-10-19)18-25(34)30-24-17-23(27(2,3)4)31-33(24)20-12-13-21(28)22(29)16-20/h6-10,12-13,16-17H,5,11,14-15,18H2,1-4H3,(H,30,34). The molecule has 0 aliphatic rings. The molecule has 1 aromatic heterocycles. The predicted octanol–water partition coefficient (Wildman–Crippen LogP) is 6.29. The van der Waals surface area contributed by atoms with Crippen molar-refractivity contribution in [1.82, 2.24) is 14.7 Å². The molecule has 186 valence electrons. The fourth-order valence-corrected chi connectivity index (χ4v) is 3.91. The Labute approximate surface area is 217 Å². The Hall–Kier alpha value is -2.83. The number of hydrogen-bond acceptors (Lipinski definition) is 3. The number of nitrogens with zero attached hydrogens (tertiary/aromatic N) is 3. The van der Waals surface area contributed by atoms with Crippen molar-refractivity contribution in [1.29, 1.82) is 0 Å². The molecule has 0 atom stereocenters. The molecule has 1 heterocycles. The minimum Gasteiger partial charge on any atom is -0.333 e. The maximum atomic E-state index is 13.0. The Balaban J connectivity index is 1.77. The highest BCUT2D eigenvalue weighted by atomic mass is 35.5. The first-order valence-electron chi connectivity index (χ1n) is 11.8. The average Bonchev–Trinajstić information content (AvgIpc) is 3.24. The number of halogens is 2. The minimum atomic E-state index is -0.284. The van der Waals surface area contributed by atoms with E-state index in [1.165, 1.54) is 0 Å². The summed E-state index contributed by atoms with van der Waals surface area (Å²) in [6, 6.07) is 16.9. The summed E-state index contributed by atoms with van der Waals surface area (Å²) >= 11 is 12.3. The summed E-state index contributed by atoms with van der Waals surface area (Å²) < 4.78 is 1.64. The van der Waals surface area contributed by atoms with Gasteiger partial charge in [-0.05, 0) is 36.6 Å². The molecule has 0 saturated heterocycles. The van der Waals surface area contributed by atoms with E-state index in [9.17, 15) is 9.59 Å². The number of hydrogen-bond donors (Lipinski definition) is 1. The molecule has 6 nitrogen and oxygen atoms in total. The molecule has 3 aromatic rings. The molecule has 2 amide bonds. The number of aromatic nitrogens is 2. The number of benzene rings is 2. The molecule has 0 aliphatic carbocycles. The highest BCUT2D eigenvalue weighted by Crippen LogP contribution is 2.29. The maximum absolute atomic E-state index is 13.0. The molecule has 35 heavy (non-hydrogen) atoms. The van der Waals surface area contributed by atoms with Crippen LogP contribution in [0.3, 0.4) is 0 Å². The zero-order chi connectivity index (χ0) is 25.6. The molecule has 0 aliphatic heterocycles. The van der Waals surface area contributed by atoms with Crippen LogP contribution in [0.4, 0.5) is 5.82 Å². The van der Waals surface area contributed by atoms with Crippen molar-refractivity contribution in [3.8, 4) is 5.69 Å². The molecule has 0 spiro atoms. The van der Waals surface area contributed by atoms with Crippen molar-refractivity contribution < 1.29 is 9.59 Å². The predicted molar refractivity (Wildman–Crippen MR) is 143 cm³/mol. The van der Waals surface area contributed by atoms with Gasteiger partial charge in [-0.2, -0.15) is 5.10 Å². The average molecular weight is 515 g/mol. The lowest BCUT2D eigenvalue weighted by molar-refractivity contribution is -0.134. The number of carbonyl (C=O) groups is 2. The Morgan fingerprint density at radius 2 is 1.74 bits per heavy atom. The minimum absolute atomic E-state index is 0.0289. The quantitative estimate of drug-likeness (QED) is 0.365. The normalized spacial score (nSPS) is 11.4. The molecule has 0 bridgehead atoms. The molecule has 0 saturated carbocycles. The van der Waals surface area contributed by atoms with Crippen LogP contribution in [0.2, 0.25) is 10.0 Å². The molecule has 2 aromatic carbocycles. The van der Waals surface area contributed by atoms with E-state index in [0.717, 1.165) is 17.7 Å². The Morgan fingerprint density at radius 3 is 2.37 bits per heavy atom. The van der Waals surface area contributed by atoms with Gasteiger partial charge in [-0.25, -0.2) is 4.68 Å². The summed E-state index contributed by atoms with van der Waals surface area (Å²) in [6.45, 7) is 8.63. The van der Waals surface area contributed by atoms with Crippen LogP contribution in [0.15, 0.2) is 54.6 Å². The number of nitrogens with one attached hydrogen (secondary N) is 1. The fraction of sp³-hybridized carbons (Fsp3) is 0.370. The first-order valence-corrected chi connectivity index (χ1v) is 12.5. The number of carbonyl (C=O) groups excluding carboxylic acids is 2. The zero-order valence-corrected chi connectivity index (χ0v) is 22.2. The van der Waals surface area contributed by atoms with Crippen molar-refractivity contribution in [2.45, 2.75) is 52.4 Å². The van der Waals surface area contributed by atoms with E-state index >= 15 is 0 Å². The molecular formula is C27H32Cl2N4O2. The lowest BCUT2D eigenvalue weighted by atomic mass is 9.92. The van der Waals surface area contributed by atoms with E-state index in [-0.39, 0.29) is 23.8 Å². The van der Waals surface area contributed by atoms with Gasteiger partial charge in [0.2, 0.25) is 11.8 Å². The lowest BCUT2D eigenvalue weighted by Crippen LogP contribution is -2.38. The van der Waals surface area contributed by atoms with Gasteiger partial charge in [0.15, 0.2) is 0 Å². The van der Waals surface area contributed by atoms with Crippen molar-refractivity contribution in [2.24, 2.45) is 0 Å². The summed E-state index contributed by atoms with van der Waals surface area (Å²) in [5, 5.41) is 8.49. The van der Waals surface area contributed by atoms with E-state index < -0.39 is 0 Å². The Kier molecular flexibility index (Phi) is 8.98. The number of amides is 2. The highest BCUT2D eigenvalue weighted by Gasteiger charge is 2.23. The van der Waals surface area contributed by atoms with Gasteiger partial charge < -0.3 is 10.2 Å². The van der Waals surface area contributed by atoms with Crippen molar-refractivity contribution in [2.75, 3.05) is 18.4 Å². The molecule has 0 fully saturated rings. The Morgan fingerprint density at radius 1 is 1.03 bits per heavy atom. The topological polar surface area (TPSA) is 67.2 Å². The Bertz CT molecular complexity index is 1170. The highest BCUT2D eigenvalue weighted by molar-refractivity contribution is 6.42. The maximum Gasteiger partial charge on any atom is 0.245 e. The van der Waals surface area contributed by atoms with Crippen LogP contribution in [0.1, 0.15) is 51.8 Å². The molecule has 3 rings (SSSR count). The van der Waals surface area contributed by atoms with Crippen molar-refractivity contribution in [3.05, 3.63) is 75.9 Å². The van der Waals surface area contributed by atoms with Crippen LogP contribution in [0.25, 0.3) is 5.69 Å². The zero-order valence-electron chi connectivity index (χ0n) is 20.6. The van der Waals surface area contributed by atoms with Crippen molar-refractivity contribution >= 4 is 40.8 Å². The van der Waals surface area contributed by atoms with E-state index in [4.69, 9.17) is 28.3 Å². The third-order valence-corrected chi connectivity index (χ3v) is 6.28. The summed E-state index contributed by atoms with van der Waals surface area (Å²) in [5.74, 6) is 0.180. The summed E-state index contributed by atoms with van der Waals surface area (Å²) in [5.41, 5.74) is 2.35. The third kappa shape index (κ3) is 7.33. The second kappa shape index (κ2) is 11.7. The summed E-state index contributed by atoms with van der Waals surface area (Å²) in [4.78, 5) is 27.5. The summed E-state index contributed by atoms with van der Waals surface area (Å²) in [6.07, 6.45) is 1.76. The van der Waals surface area contributed by atoms with Gasteiger partial charge in [0, 0.05) is 24.4 Å². The van der Waals surface area contributed by atoms with E-state index in [0.29, 0.717) is 40.9 Å². The van der Waals surface area contributed by atoms with Gasteiger partial charge >= 0.3 is 0 Å². The summed E-state index contributed by atoms with van der Waals surface area (Å²) in [7, 11) is 0. The van der Waals surface area contributed by atoms with E-state index in [1.807, 2.05) is 43.3 Å². The van der Waals surface area contributed by atoms with Crippen molar-refractivity contribution in [3.63, 3.8) is 0 Å². The van der Waals surface area contributed by atoms with Crippen LogP contribution < -0.4 is 5.32 Å². The number of aryl methyl sites for hydroxylation is 1. The molecule has 8 heteroatoms. The lowest BCUT2D eigenvalue weighted by Gasteiger charge is -2.22. The van der Waals surface area contributed by atoms with Gasteiger partial charge in [-0.15, -0.1) is 0 Å². The van der Waals surface area contributed by atoms with E-state index in [1.54, 1.807) is 27.8 Å². The van der Waals surface area contributed by atoms with Crippen LogP contribution >= 0.6 is 23.2 Å². The monoisotopic (exact) mass is 514 g/mol. The third-order valence-electron chi connectivity index (χ3n) is 5.54. The van der Waals surface area contributed by atoms with Crippen LogP contribution in [0.5, 0.6) is 0 Å². The SMILES string of the molecule is CCCN(CC(=O)Nc1cc(C(C)(C)C)nn1-c1ccc(Cl)c(Cl)c1)C(=O)CCc1ccccc1. The smallest absolute Gasteiger partial charge is 0.245 e. The van der Waals surface area contributed by atoms with Gasteiger partial charge in [-0.3, -0.25) is 9.59 Å². The number of rotatable bonds is 9. The number of anilines is 1. The molecule has 1 N–H and O–H groups in total. The van der Waals surface area contributed by atoms with E-state index in [2.05, 4.69) is 26.1 Å². The fourth-order valence-electron chi connectivity index (χ4n) is 3.62. The second-order valence-corrected chi connectivity index (χ2v) is 10.3. The first kappa shape index (κ1) is 26.8. The van der Waals surface area contributed by atoms with Gasteiger partial charge in [-0.1, -0.05) is 81.2 Å². The largest absolute Gasteiger partial charge is 0.333 e. The molecular weight excluding hydrogens is 483 g/mol. The molecule has 0 radical (unpaired) electrons. The van der Waals surface area contributed by atoms with Crippen LogP contribution in [-0.4, -0.2) is 39.6 Å². The van der Waals surface area contributed by atoms with Gasteiger partial charge in [0.05, 0.1) is 28.0 Å². The molecule has 0 unspecified atom stereocenters. The van der Waals surface area contributed by atoms with Gasteiger partial charge in [0.1, 0.15) is 5.82 Å². The van der Waals surface area contributed by atoms with Crippen LogP contribution in [0, 0.1) is 0 Å². The second-order valence-electron chi connectivity index (χ2n) is 9.52.